The summed E-state index contributed by atoms with van der Waals surface area (Å²) in [5, 5.41) is 4.50. The third kappa shape index (κ3) is 31.9. The third-order valence-electron chi connectivity index (χ3n) is 19.3. The smallest absolute Gasteiger partial charge is 0.330 e. The van der Waals surface area contributed by atoms with Crippen molar-refractivity contribution in [1.29, 1.82) is 0 Å². The lowest BCUT2D eigenvalue weighted by atomic mass is 9.93. The van der Waals surface area contributed by atoms with E-state index in [1.807, 2.05) is 182 Å². The number of carbonyl (C=O) groups is 6. The lowest BCUT2D eigenvalue weighted by Crippen LogP contribution is -2.05. The Hall–Kier alpha value is -14.2. The molecule has 0 atom stereocenters. The predicted molar refractivity (Wildman–Crippen MR) is 479 cm³/mol. The van der Waals surface area contributed by atoms with Gasteiger partial charge in [0, 0.05) is 36.5 Å². The lowest BCUT2D eigenvalue weighted by molar-refractivity contribution is -0.138. The zero-order chi connectivity index (χ0) is 88.7. The maximum absolute atomic E-state index is 11.6. The topological polar surface area (TPSA) is 269 Å². The fourth-order valence-electron chi connectivity index (χ4n) is 12.5. The summed E-state index contributed by atoms with van der Waals surface area (Å²) in [6.07, 6.45) is 14.5. The van der Waals surface area contributed by atoms with Crippen molar-refractivity contribution in [1.82, 2.24) is 0 Å². The minimum Gasteiger partial charge on any atom is -0.494 e. The van der Waals surface area contributed by atoms with Crippen molar-refractivity contribution in [2.75, 3.05) is 79.3 Å². The Balaban J connectivity index is 1.06. The van der Waals surface area contributed by atoms with Crippen LogP contribution in [0.2, 0.25) is 0 Å². The van der Waals surface area contributed by atoms with Gasteiger partial charge in [0.15, 0.2) is 34.5 Å². The van der Waals surface area contributed by atoms with E-state index in [0.29, 0.717) is 186 Å². The number of unbranched alkanes of at least 4 members (excludes halogenated alkanes) is 6. The van der Waals surface area contributed by atoms with E-state index in [-0.39, 0.29) is 79.3 Å². The van der Waals surface area contributed by atoms with Crippen molar-refractivity contribution in [3.63, 3.8) is 0 Å². The molecule has 0 fully saturated rings. The Morgan fingerprint density at radius 1 is 0.183 bits per heavy atom. The van der Waals surface area contributed by atoms with Crippen LogP contribution in [0.1, 0.15) is 110 Å². The van der Waals surface area contributed by atoms with E-state index in [1.165, 1.54) is 0 Å². The first-order valence-corrected chi connectivity index (χ1v) is 42.0. The molecule has 0 saturated heterocycles. The van der Waals surface area contributed by atoms with Crippen LogP contribution in [0.4, 0.5) is 0 Å². The van der Waals surface area contributed by atoms with Crippen molar-refractivity contribution < 1.29 is 114 Å². The van der Waals surface area contributed by atoms with Crippen molar-refractivity contribution in [2.45, 2.75) is 117 Å². The quantitative estimate of drug-likeness (QED) is 0.0113. The number of benzene rings is 10. The fraction of sp³-hybridized carbons (Fsp3) is 0.294. The average Bonchev–Trinajstić information content (AvgIpc) is 0.723. The molecule has 0 aliphatic heterocycles. The predicted octanol–water partition coefficient (Wildman–Crippen LogP) is 19.9. The van der Waals surface area contributed by atoms with Gasteiger partial charge in [-0.25, -0.2) is 28.8 Å². The first-order valence-electron chi connectivity index (χ1n) is 42.0. The van der Waals surface area contributed by atoms with Crippen LogP contribution in [-0.2, 0) is 96.8 Å². The highest BCUT2D eigenvalue weighted by Crippen LogP contribution is 2.48. The number of carbonyl (C=O) groups excluding carboxylic acids is 6. The van der Waals surface area contributed by atoms with Gasteiger partial charge in [-0.05, 0) is 252 Å². The standard InChI is InChI=1S/C102H108O24/c1-7-97(103)115-55-19-13-49-109-79-37-25-73(26-38-79)67-121-91-61-85-86(62-92(91)122-68-74-27-39-80(40-28-74)110-50-14-20-56-116-98(104)8-2)88-64-94(124-70-76-31-43-82(44-32-76)112-52-16-22-58-118-100(106)10-4)96(126-72-78-35-47-84(48-36-78)114-54-18-24-60-120-102(108)12-6)66-90(88)89-65-95(125-71-77-33-45-83(46-34-77)113-53-17-23-59-119-101(107)11-5)93(63-87(85)89)123-69-75-29-41-81(42-30-75)111-51-15-21-57-117-99(105)9-3/h7-12,25-48,61-66H,1-6,13-24,49-60,67-72H2. The van der Waals surface area contributed by atoms with Crippen molar-refractivity contribution in [3.8, 4) is 69.0 Å². The first-order chi connectivity index (χ1) is 61.7. The average molecular weight is 1720 g/mol. The summed E-state index contributed by atoms with van der Waals surface area (Å²) in [5.41, 5.74) is 5.02. The number of hydrogen-bond donors (Lipinski definition) is 0. The molecule has 660 valence electrons. The number of rotatable bonds is 60. The second-order valence-electron chi connectivity index (χ2n) is 28.7. The molecule has 24 nitrogen and oxygen atoms in total. The van der Waals surface area contributed by atoms with Gasteiger partial charge in [-0.3, -0.25) is 0 Å². The number of esters is 6. The summed E-state index contributed by atoms with van der Waals surface area (Å²) in [4.78, 5) is 69.7. The van der Waals surface area contributed by atoms with Crippen molar-refractivity contribution in [3.05, 3.63) is 291 Å². The first kappa shape index (κ1) is 94.1. The molecule has 0 radical (unpaired) electrons. The van der Waals surface area contributed by atoms with Crippen LogP contribution in [0.3, 0.4) is 0 Å². The van der Waals surface area contributed by atoms with E-state index in [4.69, 9.17) is 85.3 Å². The molecule has 0 aliphatic carbocycles. The Bertz CT molecular complexity index is 4350. The molecule has 0 bridgehead atoms. The van der Waals surface area contributed by atoms with Crippen molar-refractivity contribution in [2.24, 2.45) is 0 Å². The molecule has 0 saturated carbocycles. The van der Waals surface area contributed by atoms with Crippen LogP contribution in [0.25, 0.3) is 32.3 Å². The third-order valence-corrected chi connectivity index (χ3v) is 19.3. The molecule has 0 spiro atoms. The van der Waals surface area contributed by atoms with E-state index < -0.39 is 35.8 Å². The van der Waals surface area contributed by atoms with Crippen molar-refractivity contribution >= 4 is 68.1 Å². The van der Waals surface area contributed by atoms with Gasteiger partial charge < -0.3 is 85.3 Å². The highest BCUT2D eigenvalue weighted by Gasteiger charge is 2.23. The molecule has 24 heteroatoms. The van der Waals surface area contributed by atoms with Crippen LogP contribution >= 0.6 is 0 Å². The largest absolute Gasteiger partial charge is 0.494 e. The second-order valence-corrected chi connectivity index (χ2v) is 28.7. The van der Waals surface area contributed by atoms with Gasteiger partial charge in [0.05, 0.1) is 79.3 Å². The Morgan fingerprint density at radius 2 is 0.310 bits per heavy atom. The molecule has 0 heterocycles. The molecule has 126 heavy (non-hydrogen) atoms. The van der Waals surface area contributed by atoms with E-state index in [0.717, 1.165) is 102 Å². The maximum Gasteiger partial charge on any atom is 0.330 e. The molecule has 10 aromatic carbocycles. The van der Waals surface area contributed by atoms with E-state index >= 15 is 0 Å². The summed E-state index contributed by atoms with van der Waals surface area (Å²) < 4.78 is 109. The van der Waals surface area contributed by atoms with Gasteiger partial charge in [-0.15, -0.1) is 0 Å². The SMILES string of the molecule is C=CC(=O)OCCCCOc1ccc(COc2cc3c4cc(OCc5ccc(OCCCCOC(=O)C=C)cc5)c(OCc5ccc(OCCCCOC(=O)C=C)cc5)cc4c4cc(OCc5ccc(OCCCCOC(=O)C=C)cc5)c(OCc5ccc(OCCCCOC(=O)C=C)cc5)cc4c3cc2OCc2ccc(OCCCCOC(=O)C=C)cc2)cc1. The van der Waals surface area contributed by atoms with Gasteiger partial charge >= 0.3 is 35.8 Å². The Labute approximate surface area is 734 Å². The van der Waals surface area contributed by atoms with E-state index in [9.17, 15) is 28.8 Å². The Kier molecular flexibility index (Phi) is 39.1. The molecule has 10 aromatic rings. The zero-order valence-corrected chi connectivity index (χ0v) is 71.0. The normalized spacial score (nSPS) is 10.8. The summed E-state index contributed by atoms with van der Waals surface area (Å²) in [6.45, 7) is 25.5. The number of fused-ring (bicyclic) bond motifs is 6. The Morgan fingerprint density at radius 3 is 0.437 bits per heavy atom. The summed E-state index contributed by atoms with van der Waals surface area (Å²) in [7, 11) is 0. The van der Waals surface area contributed by atoms with E-state index in [2.05, 4.69) is 39.5 Å². The van der Waals surface area contributed by atoms with Gasteiger partial charge in [-0.1, -0.05) is 112 Å². The summed E-state index contributed by atoms with van der Waals surface area (Å²) in [6, 6.07) is 57.8. The fourth-order valence-corrected chi connectivity index (χ4v) is 12.5. The minimum atomic E-state index is -0.471. The van der Waals surface area contributed by atoms with Crippen LogP contribution in [0, 0.1) is 0 Å². The van der Waals surface area contributed by atoms with Crippen LogP contribution in [-0.4, -0.2) is 115 Å². The van der Waals surface area contributed by atoms with Gasteiger partial charge in [0.1, 0.15) is 74.1 Å². The lowest BCUT2D eigenvalue weighted by Gasteiger charge is -2.21. The minimum absolute atomic E-state index is 0.115. The molecule has 0 amide bonds. The van der Waals surface area contributed by atoms with Crippen LogP contribution < -0.4 is 56.8 Å². The molecule has 10 rings (SSSR count). The molecular formula is C102H108O24. The van der Waals surface area contributed by atoms with Gasteiger partial charge in [0.25, 0.3) is 0 Å². The molecule has 0 N–H and O–H groups in total. The molecular weight excluding hydrogens is 1610 g/mol. The molecule has 0 aliphatic rings. The van der Waals surface area contributed by atoms with Crippen LogP contribution in [0.5, 0.6) is 69.0 Å². The zero-order valence-electron chi connectivity index (χ0n) is 71.0. The monoisotopic (exact) mass is 1720 g/mol. The number of ether oxygens (including phenoxy) is 18. The van der Waals surface area contributed by atoms with Gasteiger partial charge in [-0.2, -0.15) is 0 Å². The highest BCUT2D eigenvalue weighted by molar-refractivity contribution is 6.27. The molecule has 0 unspecified atom stereocenters. The van der Waals surface area contributed by atoms with E-state index in [1.54, 1.807) is 0 Å². The summed E-state index contributed by atoms with van der Waals surface area (Å²) in [5.74, 6) is 3.62. The number of hydrogen-bond acceptors (Lipinski definition) is 24. The second kappa shape index (κ2) is 52.3. The highest BCUT2D eigenvalue weighted by atomic mass is 16.6. The van der Waals surface area contributed by atoms with Gasteiger partial charge in [0.2, 0.25) is 0 Å². The maximum atomic E-state index is 11.6. The van der Waals surface area contributed by atoms with Crippen LogP contribution in [0.15, 0.2) is 258 Å². The summed E-state index contributed by atoms with van der Waals surface area (Å²) >= 11 is 0. The molecule has 0 aromatic heterocycles.